The first-order chi connectivity index (χ1) is 7.84. The van der Waals surface area contributed by atoms with Crippen LogP contribution in [0.25, 0.3) is 0 Å². The molecule has 1 fully saturated rings. The lowest BCUT2D eigenvalue weighted by atomic mass is 10.0. The summed E-state index contributed by atoms with van der Waals surface area (Å²) in [4.78, 5) is 0.873. The van der Waals surface area contributed by atoms with Crippen molar-refractivity contribution in [1.29, 1.82) is 0 Å². The van der Waals surface area contributed by atoms with Crippen LogP contribution in [0.5, 0.6) is 0 Å². The topological polar surface area (TPSA) is 12.0 Å². The summed E-state index contributed by atoms with van der Waals surface area (Å²) < 4.78 is 13.7. The molecule has 1 unspecified atom stereocenters. The summed E-state index contributed by atoms with van der Waals surface area (Å²) in [5.74, 6) is 0.989. The van der Waals surface area contributed by atoms with Gasteiger partial charge in [-0.05, 0) is 43.1 Å². The Morgan fingerprint density at radius 1 is 1.25 bits per heavy atom. The summed E-state index contributed by atoms with van der Waals surface area (Å²) >= 11 is 1.67. The molecule has 1 heterocycles. The first-order valence-electron chi connectivity index (χ1n) is 6.02. The van der Waals surface area contributed by atoms with E-state index in [2.05, 4.69) is 11.4 Å². The van der Waals surface area contributed by atoms with Gasteiger partial charge in [0.2, 0.25) is 0 Å². The lowest BCUT2D eigenvalue weighted by Gasteiger charge is -2.18. The minimum Gasteiger partial charge on any atom is -0.307 e. The number of hydrogen-bond acceptors (Lipinski definition) is 2. The fourth-order valence-corrected chi connectivity index (χ4v) is 3.38. The normalized spacial score (nSPS) is 24.9. The van der Waals surface area contributed by atoms with Crippen LogP contribution in [-0.4, -0.2) is 11.8 Å². The standard InChI is InChI=1S/C13H16FNS/c14-11-4-1-3-10-12(15-9-6-7-9)5-2-8-16-13(10)11/h1,3-4,9,12,15H,2,5-8H2. The Morgan fingerprint density at radius 3 is 2.94 bits per heavy atom. The monoisotopic (exact) mass is 237 g/mol. The van der Waals surface area contributed by atoms with Crippen LogP contribution >= 0.6 is 11.8 Å². The molecule has 0 bridgehead atoms. The Balaban J connectivity index is 1.92. The van der Waals surface area contributed by atoms with Gasteiger partial charge >= 0.3 is 0 Å². The van der Waals surface area contributed by atoms with Crippen LogP contribution < -0.4 is 5.32 Å². The highest BCUT2D eigenvalue weighted by Crippen LogP contribution is 2.37. The van der Waals surface area contributed by atoms with Gasteiger partial charge in [0.15, 0.2) is 0 Å². The zero-order valence-electron chi connectivity index (χ0n) is 9.21. The summed E-state index contributed by atoms with van der Waals surface area (Å²) in [7, 11) is 0. The first kappa shape index (κ1) is 10.6. The molecule has 3 heteroatoms. The minimum atomic E-state index is -0.0491. The molecule has 1 N–H and O–H groups in total. The highest BCUT2D eigenvalue weighted by atomic mass is 32.2. The third-order valence-corrected chi connectivity index (χ3v) is 4.48. The van der Waals surface area contributed by atoms with Crippen molar-refractivity contribution in [2.45, 2.75) is 42.7 Å². The molecule has 0 saturated heterocycles. The second kappa shape index (κ2) is 4.38. The van der Waals surface area contributed by atoms with Crippen molar-refractivity contribution in [3.05, 3.63) is 29.6 Å². The van der Waals surface area contributed by atoms with Crippen molar-refractivity contribution in [3.63, 3.8) is 0 Å². The maximum Gasteiger partial charge on any atom is 0.137 e. The highest BCUT2D eigenvalue weighted by molar-refractivity contribution is 7.99. The maximum atomic E-state index is 13.7. The molecule has 1 nitrogen and oxygen atoms in total. The van der Waals surface area contributed by atoms with Crippen LogP contribution in [0.2, 0.25) is 0 Å². The van der Waals surface area contributed by atoms with Crippen molar-refractivity contribution >= 4 is 11.8 Å². The first-order valence-corrected chi connectivity index (χ1v) is 7.00. The quantitative estimate of drug-likeness (QED) is 0.845. The predicted octanol–water partition coefficient (Wildman–Crippen LogP) is 3.50. The van der Waals surface area contributed by atoms with Gasteiger partial charge in [-0.1, -0.05) is 12.1 Å². The molecule has 86 valence electrons. The van der Waals surface area contributed by atoms with Gasteiger partial charge in [0.25, 0.3) is 0 Å². The van der Waals surface area contributed by atoms with E-state index in [9.17, 15) is 4.39 Å². The number of fused-ring (bicyclic) bond motifs is 1. The predicted molar refractivity (Wildman–Crippen MR) is 65.3 cm³/mol. The van der Waals surface area contributed by atoms with Crippen molar-refractivity contribution in [1.82, 2.24) is 5.32 Å². The van der Waals surface area contributed by atoms with Gasteiger partial charge in [-0.15, -0.1) is 11.8 Å². The SMILES string of the molecule is Fc1cccc2c1SCCCC2NC1CC1. The molecular weight excluding hydrogens is 221 g/mol. The lowest BCUT2D eigenvalue weighted by Crippen LogP contribution is -2.23. The van der Waals surface area contributed by atoms with E-state index in [1.54, 1.807) is 17.8 Å². The molecule has 0 spiro atoms. The van der Waals surface area contributed by atoms with Crippen molar-refractivity contribution in [2.24, 2.45) is 0 Å². The van der Waals surface area contributed by atoms with E-state index in [4.69, 9.17) is 0 Å². The molecule has 16 heavy (non-hydrogen) atoms. The van der Waals surface area contributed by atoms with Crippen molar-refractivity contribution in [2.75, 3.05) is 5.75 Å². The summed E-state index contributed by atoms with van der Waals surface area (Å²) in [6, 6.07) is 6.54. The molecule has 1 aromatic carbocycles. The fourth-order valence-electron chi connectivity index (χ4n) is 2.28. The van der Waals surface area contributed by atoms with Crippen molar-refractivity contribution in [3.8, 4) is 0 Å². The van der Waals surface area contributed by atoms with Crippen LogP contribution in [0, 0.1) is 5.82 Å². The Morgan fingerprint density at radius 2 is 2.12 bits per heavy atom. The summed E-state index contributed by atoms with van der Waals surface area (Å²) in [6.45, 7) is 0. The van der Waals surface area contributed by atoms with Gasteiger partial charge in [0, 0.05) is 17.0 Å². The van der Waals surface area contributed by atoms with Gasteiger partial charge in [0.05, 0.1) is 0 Å². The number of nitrogens with one attached hydrogen (secondary N) is 1. The molecule has 0 aromatic heterocycles. The molecule has 0 amide bonds. The Bertz CT molecular complexity index is 390. The smallest absolute Gasteiger partial charge is 0.137 e. The summed E-state index contributed by atoms with van der Waals surface area (Å²) in [6.07, 6.45) is 4.88. The van der Waals surface area contributed by atoms with Crippen molar-refractivity contribution < 1.29 is 4.39 Å². The van der Waals surface area contributed by atoms with Crippen LogP contribution in [0.4, 0.5) is 4.39 Å². The van der Waals surface area contributed by atoms with E-state index < -0.39 is 0 Å². The van der Waals surface area contributed by atoms with E-state index in [-0.39, 0.29) is 5.82 Å². The number of thioether (sulfide) groups is 1. The Hall–Kier alpha value is -0.540. The highest BCUT2D eigenvalue weighted by Gasteiger charge is 2.28. The largest absolute Gasteiger partial charge is 0.307 e. The van der Waals surface area contributed by atoms with Crippen LogP contribution in [0.3, 0.4) is 0 Å². The maximum absolute atomic E-state index is 13.7. The summed E-state index contributed by atoms with van der Waals surface area (Å²) in [5.41, 5.74) is 1.18. The molecule has 1 saturated carbocycles. The van der Waals surface area contributed by atoms with Crippen LogP contribution in [-0.2, 0) is 0 Å². The Kier molecular flexibility index (Phi) is 2.90. The van der Waals surface area contributed by atoms with Gasteiger partial charge in [-0.2, -0.15) is 0 Å². The number of halogens is 1. The third-order valence-electron chi connectivity index (χ3n) is 3.27. The second-order valence-electron chi connectivity index (χ2n) is 4.64. The number of hydrogen-bond donors (Lipinski definition) is 1. The third kappa shape index (κ3) is 2.11. The molecule has 1 aliphatic heterocycles. The zero-order valence-corrected chi connectivity index (χ0v) is 10.0. The van der Waals surface area contributed by atoms with Gasteiger partial charge in [-0.3, -0.25) is 0 Å². The molecule has 1 atom stereocenters. The number of benzene rings is 1. The molecule has 3 rings (SSSR count). The van der Waals surface area contributed by atoms with E-state index in [1.807, 2.05) is 6.07 Å². The molecular formula is C13H16FNS. The lowest BCUT2D eigenvalue weighted by molar-refractivity contribution is 0.483. The molecule has 0 radical (unpaired) electrons. The van der Waals surface area contributed by atoms with E-state index in [1.165, 1.54) is 24.8 Å². The average Bonchev–Trinajstić information content (AvgIpc) is 3.08. The minimum absolute atomic E-state index is 0.0491. The summed E-state index contributed by atoms with van der Waals surface area (Å²) in [5, 5.41) is 3.64. The molecule has 1 aliphatic carbocycles. The van der Waals surface area contributed by atoms with E-state index in [0.29, 0.717) is 12.1 Å². The second-order valence-corrected chi connectivity index (χ2v) is 5.75. The van der Waals surface area contributed by atoms with E-state index >= 15 is 0 Å². The number of rotatable bonds is 2. The fraction of sp³-hybridized carbons (Fsp3) is 0.538. The van der Waals surface area contributed by atoms with Crippen LogP contribution in [0.15, 0.2) is 23.1 Å². The van der Waals surface area contributed by atoms with Crippen LogP contribution in [0.1, 0.15) is 37.3 Å². The molecule has 2 aliphatic rings. The van der Waals surface area contributed by atoms with E-state index in [0.717, 1.165) is 17.1 Å². The van der Waals surface area contributed by atoms with Gasteiger partial charge < -0.3 is 5.32 Å². The Labute approximate surface area is 99.8 Å². The van der Waals surface area contributed by atoms with Gasteiger partial charge in [-0.25, -0.2) is 4.39 Å². The zero-order chi connectivity index (χ0) is 11.0. The van der Waals surface area contributed by atoms with Gasteiger partial charge in [0.1, 0.15) is 5.82 Å². The molecule has 1 aromatic rings. The average molecular weight is 237 g/mol.